The van der Waals surface area contributed by atoms with Crippen LogP contribution in [-0.4, -0.2) is 37.0 Å². The van der Waals surface area contributed by atoms with Gasteiger partial charge in [0.2, 0.25) is 0 Å². The van der Waals surface area contributed by atoms with E-state index in [4.69, 9.17) is 5.73 Å². The third-order valence-corrected chi connectivity index (χ3v) is 3.70. The second kappa shape index (κ2) is 6.57. The predicted molar refractivity (Wildman–Crippen MR) is 78.2 cm³/mol. The summed E-state index contributed by atoms with van der Waals surface area (Å²) >= 11 is 0. The lowest BCUT2D eigenvalue weighted by Gasteiger charge is -2.26. The number of hydrogen-bond acceptors (Lipinski definition) is 3. The number of nitrogens with one attached hydrogen (secondary N) is 1. The molecule has 4 heteroatoms. The van der Waals surface area contributed by atoms with Crippen LogP contribution in [-0.2, 0) is 0 Å². The Morgan fingerprint density at radius 3 is 2.74 bits per heavy atom. The Bertz CT molecular complexity index is 439. The van der Waals surface area contributed by atoms with Crippen LogP contribution in [0.15, 0.2) is 18.2 Å². The van der Waals surface area contributed by atoms with Crippen molar-refractivity contribution in [3.63, 3.8) is 0 Å². The number of rotatable bonds is 4. The van der Waals surface area contributed by atoms with Crippen LogP contribution in [0, 0.1) is 6.92 Å². The number of nitrogens with zero attached hydrogens (tertiary/aromatic N) is 1. The van der Waals surface area contributed by atoms with Crippen LogP contribution in [0.5, 0.6) is 0 Å². The van der Waals surface area contributed by atoms with Gasteiger partial charge in [0.05, 0.1) is 0 Å². The average molecular weight is 261 g/mol. The lowest BCUT2D eigenvalue weighted by Crippen LogP contribution is -2.37. The summed E-state index contributed by atoms with van der Waals surface area (Å²) in [6.07, 6.45) is 3.90. The summed E-state index contributed by atoms with van der Waals surface area (Å²) in [5, 5.41) is 2.96. The highest BCUT2D eigenvalue weighted by atomic mass is 16.1. The fourth-order valence-electron chi connectivity index (χ4n) is 2.39. The van der Waals surface area contributed by atoms with Crippen molar-refractivity contribution in [2.45, 2.75) is 26.2 Å². The Morgan fingerprint density at radius 1 is 1.32 bits per heavy atom. The van der Waals surface area contributed by atoms with Gasteiger partial charge in [0.25, 0.3) is 5.91 Å². The first kappa shape index (κ1) is 13.9. The van der Waals surface area contributed by atoms with Gasteiger partial charge in [-0.05, 0) is 50.6 Å². The maximum Gasteiger partial charge on any atom is 0.251 e. The third-order valence-electron chi connectivity index (χ3n) is 3.70. The van der Waals surface area contributed by atoms with Gasteiger partial charge in [-0.3, -0.25) is 4.79 Å². The zero-order valence-corrected chi connectivity index (χ0v) is 11.6. The second-order valence-electron chi connectivity index (χ2n) is 5.23. The molecule has 1 aromatic carbocycles. The third kappa shape index (κ3) is 3.96. The van der Waals surface area contributed by atoms with Gasteiger partial charge in [0.15, 0.2) is 0 Å². The van der Waals surface area contributed by atoms with Crippen molar-refractivity contribution in [1.29, 1.82) is 0 Å². The van der Waals surface area contributed by atoms with E-state index >= 15 is 0 Å². The largest absolute Gasteiger partial charge is 0.398 e. The molecule has 1 aliphatic rings. The first-order chi connectivity index (χ1) is 9.16. The van der Waals surface area contributed by atoms with Crippen molar-refractivity contribution >= 4 is 11.6 Å². The Kier molecular flexibility index (Phi) is 4.80. The number of carbonyl (C=O) groups excluding carboxylic acids is 1. The van der Waals surface area contributed by atoms with Gasteiger partial charge in [-0.2, -0.15) is 0 Å². The molecule has 0 atom stereocenters. The Balaban J connectivity index is 1.78. The fourth-order valence-corrected chi connectivity index (χ4v) is 2.39. The van der Waals surface area contributed by atoms with Gasteiger partial charge in [0.1, 0.15) is 0 Å². The van der Waals surface area contributed by atoms with Crippen LogP contribution in [0.1, 0.15) is 35.2 Å². The summed E-state index contributed by atoms with van der Waals surface area (Å²) in [5.41, 5.74) is 8.13. The van der Waals surface area contributed by atoms with E-state index in [0.29, 0.717) is 17.8 Å². The maximum atomic E-state index is 12.0. The van der Waals surface area contributed by atoms with Crippen molar-refractivity contribution in [1.82, 2.24) is 10.2 Å². The summed E-state index contributed by atoms with van der Waals surface area (Å²) in [4.78, 5) is 14.4. The second-order valence-corrected chi connectivity index (χ2v) is 5.23. The smallest absolute Gasteiger partial charge is 0.251 e. The molecule has 1 saturated heterocycles. The first-order valence-electron chi connectivity index (χ1n) is 7.03. The van der Waals surface area contributed by atoms with Crippen molar-refractivity contribution in [3.8, 4) is 0 Å². The van der Waals surface area contributed by atoms with Gasteiger partial charge < -0.3 is 16.0 Å². The maximum absolute atomic E-state index is 12.0. The lowest BCUT2D eigenvalue weighted by molar-refractivity contribution is 0.0946. The predicted octanol–water partition coefficient (Wildman–Crippen LogP) is 1.79. The minimum atomic E-state index is -0.0382. The van der Waals surface area contributed by atoms with E-state index in [1.807, 2.05) is 19.1 Å². The van der Waals surface area contributed by atoms with Gasteiger partial charge in [-0.15, -0.1) is 0 Å². The van der Waals surface area contributed by atoms with Crippen LogP contribution in [0.4, 0.5) is 5.69 Å². The summed E-state index contributed by atoms with van der Waals surface area (Å²) in [6, 6.07) is 5.45. The number of piperidine rings is 1. The molecule has 19 heavy (non-hydrogen) atoms. The quantitative estimate of drug-likeness (QED) is 0.812. The molecule has 2 rings (SSSR count). The number of nitrogens with two attached hydrogens (primary N) is 1. The van der Waals surface area contributed by atoms with Gasteiger partial charge in [0, 0.05) is 24.3 Å². The van der Waals surface area contributed by atoms with E-state index in [1.54, 1.807) is 6.07 Å². The van der Waals surface area contributed by atoms with Gasteiger partial charge >= 0.3 is 0 Å². The Labute approximate surface area is 115 Å². The number of carbonyl (C=O) groups is 1. The van der Waals surface area contributed by atoms with Crippen LogP contribution in [0.25, 0.3) is 0 Å². The molecule has 3 N–H and O–H groups in total. The Hall–Kier alpha value is -1.55. The molecule has 0 unspecified atom stereocenters. The van der Waals surface area contributed by atoms with E-state index in [9.17, 15) is 4.79 Å². The molecule has 4 nitrogen and oxygen atoms in total. The first-order valence-corrected chi connectivity index (χ1v) is 7.03. The number of anilines is 1. The fraction of sp³-hybridized carbons (Fsp3) is 0.533. The van der Waals surface area contributed by atoms with Crippen LogP contribution >= 0.6 is 0 Å². The highest BCUT2D eigenvalue weighted by Gasteiger charge is 2.11. The molecule has 0 spiro atoms. The number of amides is 1. The van der Waals surface area contributed by atoms with Crippen LogP contribution < -0.4 is 11.1 Å². The van der Waals surface area contributed by atoms with Crippen LogP contribution in [0.2, 0.25) is 0 Å². The van der Waals surface area contributed by atoms with Gasteiger partial charge in [-0.1, -0.05) is 12.5 Å². The van der Waals surface area contributed by atoms with Crippen LogP contribution in [0.3, 0.4) is 0 Å². The van der Waals surface area contributed by atoms with Crippen molar-refractivity contribution in [2.24, 2.45) is 0 Å². The molecule has 0 aromatic heterocycles. The SMILES string of the molecule is Cc1ccc(C(=O)NCCN2CCCCC2)cc1N. The molecule has 0 saturated carbocycles. The summed E-state index contributed by atoms with van der Waals surface area (Å²) < 4.78 is 0. The molecular weight excluding hydrogens is 238 g/mol. The Morgan fingerprint density at radius 2 is 2.05 bits per heavy atom. The molecule has 1 amide bonds. The molecular formula is C15H23N3O. The number of nitrogen functional groups attached to an aromatic ring is 1. The van der Waals surface area contributed by atoms with Crippen molar-refractivity contribution in [2.75, 3.05) is 31.9 Å². The summed E-state index contributed by atoms with van der Waals surface area (Å²) in [5.74, 6) is -0.0382. The van der Waals surface area contributed by atoms with E-state index in [1.165, 1.54) is 19.3 Å². The zero-order valence-electron chi connectivity index (χ0n) is 11.6. The highest BCUT2D eigenvalue weighted by molar-refractivity contribution is 5.95. The number of hydrogen-bond donors (Lipinski definition) is 2. The molecule has 1 aromatic rings. The normalized spacial score (nSPS) is 16.3. The number of benzene rings is 1. The van der Waals surface area contributed by atoms with Crippen molar-refractivity contribution < 1.29 is 4.79 Å². The topological polar surface area (TPSA) is 58.4 Å². The summed E-state index contributed by atoms with van der Waals surface area (Å²) in [7, 11) is 0. The average Bonchev–Trinajstić information content (AvgIpc) is 2.43. The van der Waals surface area contributed by atoms with E-state index in [0.717, 1.165) is 25.2 Å². The molecule has 0 bridgehead atoms. The summed E-state index contributed by atoms with van der Waals surface area (Å²) in [6.45, 7) is 5.90. The number of aryl methyl sites for hydroxylation is 1. The molecule has 104 valence electrons. The van der Waals surface area contributed by atoms with Crippen molar-refractivity contribution in [3.05, 3.63) is 29.3 Å². The van der Waals surface area contributed by atoms with E-state index in [2.05, 4.69) is 10.2 Å². The minimum absolute atomic E-state index is 0.0382. The molecule has 1 aliphatic heterocycles. The molecule has 1 heterocycles. The number of likely N-dealkylation sites (tertiary alicyclic amines) is 1. The molecule has 0 radical (unpaired) electrons. The minimum Gasteiger partial charge on any atom is -0.398 e. The highest BCUT2D eigenvalue weighted by Crippen LogP contribution is 2.12. The monoisotopic (exact) mass is 261 g/mol. The molecule has 0 aliphatic carbocycles. The lowest BCUT2D eigenvalue weighted by atomic mass is 10.1. The van der Waals surface area contributed by atoms with E-state index < -0.39 is 0 Å². The van der Waals surface area contributed by atoms with E-state index in [-0.39, 0.29) is 5.91 Å². The standard InChI is InChI=1S/C15H23N3O/c1-12-5-6-13(11-14(12)16)15(19)17-7-10-18-8-3-2-4-9-18/h5-6,11H,2-4,7-10,16H2,1H3,(H,17,19). The molecule has 1 fully saturated rings. The van der Waals surface area contributed by atoms with Gasteiger partial charge in [-0.25, -0.2) is 0 Å². The zero-order chi connectivity index (χ0) is 13.7.